The molecule has 0 spiro atoms. The monoisotopic (exact) mass is 440 g/mol. The highest BCUT2D eigenvalue weighted by Gasteiger charge is 2.22. The lowest BCUT2D eigenvalue weighted by molar-refractivity contribution is 1.10. The minimum atomic E-state index is 0.484. The van der Waals surface area contributed by atoms with Crippen LogP contribution in [0.3, 0.4) is 0 Å². The van der Waals surface area contributed by atoms with E-state index in [9.17, 15) is 5.26 Å². The second-order valence-corrected chi connectivity index (χ2v) is 7.87. The number of halogens is 2. The van der Waals surface area contributed by atoms with Gasteiger partial charge in [-0.1, -0.05) is 77.8 Å². The van der Waals surface area contributed by atoms with Crippen molar-refractivity contribution in [2.45, 2.75) is 0 Å². The fraction of sp³-hybridized carbons (Fsp3) is 0. The van der Waals surface area contributed by atoms with Crippen molar-refractivity contribution >= 4 is 34.2 Å². The van der Waals surface area contributed by atoms with Gasteiger partial charge < -0.3 is 0 Å². The maximum absolute atomic E-state index is 10.2. The van der Waals surface area contributed by atoms with Crippen LogP contribution in [0.15, 0.2) is 78.9 Å². The minimum Gasteiger partial charge on any atom is -0.260 e. The van der Waals surface area contributed by atoms with E-state index in [0.29, 0.717) is 32.6 Å². The van der Waals surface area contributed by atoms with Gasteiger partial charge in [-0.15, -0.1) is 0 Å². The number of nitriles is 1. The summed E-state index contributed by atoms with van der Waals surface area (Å²) in [5.74, 6) is 0. The first kappa shape index (κ1) is 19.3. The number of fused-ring (bicyclic) bond motifs is 1. The summed E-state index contributed by atoms with van der Waals surface area (Å²) < 4.78 is 0. The molecule has 0 aliphatic rings. The third-order valence-corrected chi connectivity index (χ3v) is 5.62. The molecule has 2 aromatic heterocycles. The van der Waals surface area contributed by atoms with Crippen LogP contribution in [-0.2, 0) is 0 Å². The Labute approximate surface area is 188 Å². The predicted molar refractivity (Wildman–Crippen MR) is 125 cm³/mol. The Balaban J connectivity index is 1.90. The van der Waals surface area contributed by atoms with Crippen LogP contribution in [0.4, 0.5) is 0 Å². The van der Waals surface area contributed by atoms with E-state index in [2.05, 4.69) is 16.3 Å². The molecule has 0 unspecified atom stereocenters. The molecule has 3 aromatic carbocycles. The number of hydrogen-bond acceptors (Lipinski definition) is 3. The molecular weight excluding hydrogens is 427 g/mol. The number of benzene rings is 3. The first-order valence-electron chi connectivity index (χ1n) is 9.55. The van der Waals surface area contributed by atoms with Crippen molar-refractivity contribution in [2.24, 2.45) is 0 Å². The van der Waals surface area contributed by atoms with E-state index in [4.69, 9.17) is 28.2 Å². The molecule has 0 amide bonds. The number of pyridine rings is 1. The number of rotatable bonds is 3. The normalized spacial score (nSPS) is 10.9. The molecule has 0 radical (unpaired) electrons. The number of H-pyrrole nitrogens is 1. The van der Waals surface area contributed by atoms with Crippen LogP contribution < -0.4 is 0 Å². The average Bonchev–Trinajstić information content (AvgIpc) is 3.23. The lowest BCUT2D eigenvalue weighted by Gasteiger charge is -2.12. The van der Waals surface area contributed by atoms with E-state index >= 15 is 0 Å². The van der Waals surface area contributed by atoms with Gasteiger partial charge in [-0.2, -0.15) is 10.4 Å². The number of aromatic nitrogens is 3. The second kappa shape index (κ2) is 7.88. The molecular formula is C25H14Cl2N4. The summed E-state index contributed by atoms with van der Waals surface area (Å²) in [5, 5.41) is 19.9. The Morgan fingerprint density at radius 1 is 0.710 bits per heavy atom. The molecule has 31 heavy (non-hydrogen) atoms. The molecule has 0 aliphatic heterocycles. The zero-order chi connectivity index (χ0) is 21.4. The zero-order valence-electron chi connectivity index (χ0n) is 16.1. The number of nitrogens with zero attached hydrogens (tertiary/aromatic N) is 3. The molecule has 5 rings (SSSR count). The molecule has 6 heteroatoms. The van der Waals surface area contributed by atoms with Crippen LogP contribution in [0.25, 0.3) is 44.7 Å². The van der Waals surface area contributed by atoms with Gasteiger partial charge in [-0.3, -0.25) is 5.10 Å². The van der Waals surface area contributed by atoms with E-state index in [-0.39, 0.29) is 0 Å². The van der Waals surface area contributed by atoms with Gasteiger partial charge in [-0.05, 0) is 29.8 Å². The first-order valence-corrected chi connectivity index (χ1v) is 10.3. The largest absolute Gasteiger partial charge is 0.260 e. The number of nitrogens with one attached hydrogen (secondary N) is 1. The highest BCUT2D eigenvalue weighted by atomic mass is 35.5. The quantitative estimate of drug-likeness (QED) is 0.324. The summed E-state index contributed by atoms with van der Waals surface area (Å²) in [5.41, 5.74) is 5.77. The van der Waals surface area contributed by atoms with Crippen LogP contribution in [0.1, 0.15) is 5.56 Å². The van der Waals surface area contributed by atoms with Crippen molar-refractivity contribution in [1.82, 2.24) is 15.2 Å². The molecule has 2 heterocycles. The molecule has 0 bridgehead atoms. The molecule has 0 saturated carbocycles. The van der Waals surface area contributed by atoms with Crippen molar-refractivity contribution < 1.29 is 0 Å². The van der Waals surface area contributed by atoms with E-state index in [1.807, 2.05) is 78.9 Å². The van der Waals surface area contributed by atoms with Gasteiger partial charge in [0.25, 0.3) is 0 Å². The molecule has 148 valence electrons. The minimum absolute atomic E-state index is 0.484. The van der Waals surface area contributed by atoms with Crippen molar-refractivity contribution in [2.75, 3.05) is 0 Å². The Morgan fingerprint density at radius 2 is 1.29 bits per heavy atom. The van der Waals surface area contributed by atoms with Crippen LogP contribution >= 0.6 is 23.2 Å². The Hall–Kier alpha value is -3.65. The third-order valence-electron chi connectivity index (χ3n) is 5.12. The van der Waals surface area contributed by atoms with Crippen LogP contribution in [0.2, 0.25) is 10.0 Å². The van der Waals surface area contributed by atoms with E-state index < -0.39 is 0 Å². The van der Waals surface area contributed by atoms with Gasteiger partial charge in [-0.25, -0.2) is 4.98 Å². The van der Waals surface area contributed by atoms with Crippen LogP contribution in [0.5, 0.6) is 0 Å². The van der Waals surface area contributed by atoms with E-state index in [1.54, 1.807) is 0 Å². The fourth-order valence-electron chi connectivity index (χ4n) is 3.70. The first-order chi connectivity index (χ1) is 15.2. The van der Waals surface area contributed by atoms with Gasteiger partial charge in [0.05, 0.1) is 16.6 Å². The van der Waals surface area contributed by atoms with Crippen LogP contribution in [0, 0.1) is 11.3 Å². The van der Waals surface area contributed by atoms with Gasteiger partial charge in [0.15, 0.2) is 5.65 Å². The van der Waals surface area contributed by atoms with Crippen LogP contribution in [-0.4, -0.2) is 15.2 Å². The van der Waals surface area contributed by atoms with Crippen molar-refractivity contribution in [3.63, 3.8) is 0 Å². The lowest BCUT2D eigenvalue weighted by atomic mass is 9.92. The van der Waals surface area contributed by atoms with Gasteiger partial charge in [0, 0.05) is 26.7 Å². The molecule has 1 N–H and O–H groups in total. The smallest absolute Gasteiger partial charge is 0.157 e. The lowest BCUT2D eigenvalue weighted by Crippen LogP contribution is -1.96. The van der Waals surface area contributed by atoms with Gasteiger partial charge in [0.2, 0.25) is 0 Å². The SMILES string of the molecule is N#Cc1c(-c2ccccc2)nc2[nH]nc(-c3ccc(Cl)cc3)c2c1-c1ccc(Cl)cc1. The summed E-state index contributed by atoms with van der Waals surface area (Å²) in [6.07, 6.45) is 0. The van der Waals surface area contributed by atoms with Crippen molar-refractivity contribution in [1.29, 1.82) is 5.26 Å². The summed E-state index contributed by atoms with van der Waals surface area (Å²) in [4.78, 5) is 4.79. The molecule has 0 atom stereocenters. The fourth-order valence-corrected chi connectivity index (χ4v) is 3.95. The number of hydrogen-bond donors (Lipinski definition) is 1. The van der Waals surface area contributed by atoms with Gasteiger partial charge >= 0.3 is 0 Å². The second-order valence-electron chi connectivity index (χ2n) is 7.00. The average molecular weight is 441 g/mol. The molecule has 5 aromatic rings. The van der Waals surface area contributed by atoms with E-state index in [0.717, 1.165) is 27.6 Å². The Morgan fingerprint density at radius 3 is 1.90 bits per heavy atom. The summed E-state index contributed by atoms with van der Waals surface area (Å²) in [6.45, 7) is 0. The standard InChI is InChI=1S/C25H14Cl2N4/c26-18-10-6-15(7-11-18)21-20(14-28)23(16-4-2-1-3-5-16)29-25-22(21)24(30-31-25)17-8-12-19(27)13-9-17/h1-13H,(H,29,30,31). The topological polar surface area (TPSA) is 65.4 Å². The highest BCUT2D eigenvalue weighted by Crippen LogP contribution is 2.40. The van der Waals surface area contributed by atoms with Gasteiger partial charge in [0.1, 0.15) is 11.8 Å². The van der Waals surface area contributed by atoms with Crippen molar-refractivity contribution in [3.05, 3.63) is 94.5 Å². The summed E-state index contributed by atoms with van der Waals surface area (Å²) in [6, 6.07) is 26.9. The summed E-state index contributed by atoms with van der Waals surface area (Å²) in [7, 11) is 0. The highest BCUT2D eigenvalue weighted by molar-refractivity contribution is 6.31. The predicted octanol–water partition coefficient (Wildman–Crippen LogP) is 7.14. The summed E-state index contributed by atoms with van der Waals surface area (Å²) >= 11 is 12.2. The maximum Gasteiger partial charge on any atom is 0.157 e. The molecule has 0 saturated heterocycles. The zero-order valence-corrected chi connectivity index (χ0v) is 17.6. The molecule has 0 fully saturated rings. The third kappa shape index (κ3) is 3.44. The van der Waals surface area contributed by atoms with E-state index in [1.165, 1.54) is 0 Å². The molecule has 0 aliphatic carbocycles. The Kier molecular flexibility index (Phi) is 4.91. The Bertz CT molecular complexity index is 1430. The van der Waals surface area contributed by atoms with Crippen molar-refractivity contribution in [3.8, 4) is 39.7 Å². The maximum atomic E-state index is 10.2. The number of aromatic amines is 1. The molecule has 4 nitrogen and oxygen atoms in total.